The maximum absolute atomic E-state index is 12.5. The maximum Gasteiger partial charge on any atom is 0.422 e. The molecule has 1 aliphatic heterocycles. The van der Waals surface area contributed by atoms with Gasteiger partial charge in [0.05, 0.1) is 26.7 Å². The van der Waals surface area contributed by atoms with Crippen LogP contribution in [0.3, 0.4) is 0 Å². The standard InChI is InChI=1S/C20H19F3N2O4S2.CH5N.CH2O/c1-19(6-9-31(26,27)10-7-19)18-25-14-5-4-13(11-16(14)30-18)29-17-15(3-2-8-24-17)28-12-20(21,22)23;2*1-2/h2-5,8,11H,6-7,9-10,12H2,1H3;2H2,1H3;1H2. The molecule has 3 aromatic rings. The zero-order valence-corrected chi connectivity index (χ0v) is 20.8. The molecule has 1 fully saturated rings. The minimum absolute atomic E-state index is 0.0692. The fourth-order valence-electron chi connectivity index (χ4n) is 3.26. The molecule has 8 nitrogen and oxygen atoms in total. The second-order valence-corrected chi connectivity index (χ2v) is 11.0. The van der Waals surface area contributed by atoms with Crippen molar-refractivity contribution >= 4 is 38.2 Å². The number of carbonyl (C=O) groups is 1. The van der Waals surface area contributed by atoms with Crippen LogP contribution < -0.4 is 15.2 Å². The van der Waals surface area contributed by atoms with E-state index < -0.39 is 22.6 Å². The van der Waals surface area contributed by atoms with Gasteiger partial charge in [0.15, 0.2) is 12.4 Å². The molecule has 35 heavy (non-hydrogen) atoms. The minimum atomic E-state index is -4.47. The lowest BCUT2D eigenvalue weighted by atomic mass is 9.85. The molecule has 1 aromatic carbocycles. The number of pyridine rings is 1. The number of alkyl halides is 3. The number of sulfone groups is 1. The fourth-order valence-corrected chi connectivity index (χ4v) is 6.19. The predicted octanol–water partition coefficient (Wildman–Crippen LogP) is 4.28. The van der Waals surface area contributed by atoms with E-state index in [1.54, 1.807) is 18.2 Å². The van der Waals surface area contributed by atoms with Gasteiger partial charge < -0.3 is 20.0 Å². The Labute approximate surface area is 205 Å². The summed E-state index contributed by atoms with van der Waals surface area (Å²) < 4.78 is 72.3. The number of aromatic nitrogens is 2. The molecule has 0 spiro atoms. The Morgan fingerprint density at radius 3 is 2.46 bits per heavy atom. The number of fused-ring (bicyclic) bond motifs is 1. The molecular weight excluding hydrogens is 507 g/mol. The number of ether oxygens (including phenoxy) is 2. The predicted molar refractivity (Wildman–Crippen MR) is 128 cm³/mol. The maximum atomic E-state index is 12.5. The van der Waals surface area contributed by atoms with Crippen LogP contribution in [0.1, 0.15) is 24.8 Å². The van der Waals surface area contributed by atoms with E-state index >= 15 is 0 Å². The summed E-state index contributed by atoms with van der Waals surface area (Å²) in [5.41, 5.74) is 4.94. The summed E-state index contributed by atoms with van der Waals surface area (Å²) in [4.78, 5) is 16.7. The van der Waals surface area contributed by atoms with Crippen molar-refractivity contribution in [3.05, 3.63) is 41.5 Å². The molecule has 1 saturated heterocycles. The SMILES string of the molecule is C=O.CC1(c2nc3ccc(Oc4ncccc4OCC(F)(F)F)cc3s2)CCS(=O)(=O)CC1.CN. The Balaban J connectivity index is 0.00000103. The monoisotopic (exact) mass is 533 g/mol. The van der Waals surface area contributed by atoms with Crippen molar-refractivity contribution in [1.82, 2.24) is 9.97 Å². The van der Waals surface area contributed by atoms with Gasteiger partial charge in [-0.3, -0.25) is 0 Å². The average Bonchev–Trinajstić information content (AvgIpc) is 3.27. The normalized spacial score (nSPS) is 16.3. The van der Waals surface area contributed by atoms with Gasteiger partial charge in [-0.05, 0) is 44.2 Å². The van der Waals surface area contributed by atoms with Crippen molar-refractivity contribution in [1.29, 1.82) is 0 Å². The highest BCUT2D eigenvalue weighted by Crippen LogP contribution is 2.41. The van der Waals surface area contributed by atoms with Crippen LogP contribution in [-0.4, -0.2) is 56.5 Å². The molecule has 0 saturated carbocycles. The first-order valence-electron chi connectivity index (χ1n) is 10.3. The van der Waals surface area contributed by atoms with Gasteiger partial charge >= 0.3 is 6.18 Å². The highest BCUT2D eigenvalue weighted by molar-refractivity contribution is 7.91. The fraction of sp³-hybridized carbons (Fsp3) is 0.409. The molecule has 2 aromatic heterocycles. The van der Waals surface area contributed by atoms with Gasteiger partial charge in [-0.15, -0.1) is 11.3 Å². The Bertz CT molecular complexity index is 1220. The van der Waals surface area contributed by atoms with Gasteiger partial charge in [0.1, 0.15) is 22.4 Å². The van der Waals surface area contributed by atoms with E-state index in [1.165, 1.54) is 36.7 Å². The number of nitrogens with zero attached hydrogens (tertiary/aromatic N) is 2. The van der Waals surface area contributed by atoms with Crippen molar-refractivity contribution in [3.63, 3.8) is 0 Å². The van der Waals surface area contributed by atoms with Gasteiger partial charge in [0, 0.05) is 17.7 Å². The van der Waals surface area contributed by atoms with Crippen LogP contribution >= 0.6 is 11.3 Å². The average molecular weight is 534 g/mol. The summed E-state index contributed by atoms with van der Waals surface area (Å²) in [5, 5.41) is 0.863. The van der Waals surface area contributed by atoms with E-state index in [4.69, 9.17) is 14.3 Å². The van der Waals surface area contributed by atoms with Gasteiger partial charge in [0.25, 0.3) is 5.88 Å². The zero-order valence-electron chi connectivity index (χ0n) is 19.2. The summed E-state index contributed by atoms with van der Waals surface area (Å²) in [7, 11) is -1.48. The molecular formula is C22H26F3N3O5S2. The topological polar surface area (TPSA) is 121 Å². The Hall–Kier alpha value is -2.77. The van der Waals surface area contributed by atoms with E-state index in [-0.39, 0.29) is 28.6 Å². The molecule has 0 unspecified atom stereocenters. The molecule has 0 amide bonds. The molecule has 192 valence electrons. The van der Waals surface area contributed by atoms with Crippen molar-refractivity contribution in [2.45, 2.75) is 31.4 Å². The van der Waals surface area contributed by atoms with E-state index in [9.17, 15) is 21.6 Å². The van der Waals surface area contributed by atoms with Crippen molar-refractivity contribution in [3.8, 4) is 17.4 Å². The largest absolute Gasteiger partial charge is 0.478 e. The summed E-state index contributed by atoms with van der Waals surface area (Å²) in [6, 6.07) is 7.97. The van der Waals surface area contributed by atoms with Crippen LogP contribution in [-0.2, 0) is 20.0 Å². The quantitative estimate of drug-likeness (QED) is 0.516. The lowest BCUT2D eigenvalue weighted by molar-refractivity contribution is -0.153. The summed E-state index contributed by atoms with van der Waals surface area (Å²) in [6.45, 7) is 2.58. The zero-order chi connectivity index (χ0) is 26.3. The van der Waals surface area contributed by atoms with Gasteiger partial charge in [-0.2, -0.15) is 13.2 Å². The number of benzene rings is 1. The van der Waals surface area contributed by atoms with E-state index in [0.717, 1.165) is 15.2 Å². The number of hydrogen-bond donors (Lipinski definition) is 1. The first-order chi connectivity index (χ1) is 16.5. The van der Waals surface area contributed by atoms with Gasteiger partial charge in [-0.25, -0.2) is 18.4 Å². The van der Waals surface area contributed by atoms with Crippen LogP contribution in [0.25, 0.3) is 10.2 Å². The smallest absolute Gasteiger partial charge is 0.422 e. The number of halogens is 3. The molecule has 0 radical (unpaired) electrons. The third-order valence-corrected chi connectivity index (χ3v) is 8.12. The summed E-state index contributed by atoms with van der Waals surface area (Å²) >= 11 is 1.46. The molecule has 13 heteroatoms. The first kappa shape index (κ1) is 28.5. The second-order valence-electron chi connectivity index (χ2n) is 7.67. The van der Waals surface area contributed by atoms with Crippen LogP contribution in [0, 0.1) is 0 Å². The van der Waals surface area contributed by atoms with Crippen LogP contribution in [0.4, 0.5) is 13.2 Å². The number of nitrogens with two attached hydrogens (primary N) is 1. The molecule has 2 N–H and O–H groups in total. The highest BCUT2D eigenvalue weighted by atomic mass is 32.2. The minimum Gasteiger partial charge on any atom is -0.478 e. The third kappa shape index (κ3) is 7.61. The Morgan fingerprint density at radius 2 is 1.83 bits per heavy atom. The summed E-state index contributed by atoms with van der Waals surface area (Å²) in [6.07, 6.45) is -2.03. The molecule has 4 rings (SSSR count). The van der Waals surface area contributed by atoms with Gasteiger partial charge in [-0.1, -0.05) is 6.92 Å². The van der Waals surface area contributed by atoms with E-state index in [0.29, 0.717) is 18.6 Å². The van der Waals surface area contributed by atoms with E-state index in [2.05, 4.69) is 15.7 Å². The molecule has 0 atom stereocenters. The number of carbonyl (C=O) groups excluding carboxylic acids is 1. The third-order valence-electron chi connectivity index (χ3n) is 5.15. The first-order valence-corrected chi connectivity index (χ1v) is 13.0. The van der Waals surface area contributed by atoms with Crippen molar-refractivity contribution in [2.75, 3.05) is 25.2 Å². The van der Waals surface area contributed by atoms with Crippen LogP contribution in [0.5, 0.6) is 17.4 Å². The van der Waals surface area contributed by atoms with Gasteiger partial charge in [0.2, 0.25) is 0 Å². The second kappa shape index (κ2) is 11.8. The Kier molecular flexibility index (Phi) is 9.58. The molecule has 0 aliphatic carbocycles. The molecule has 0 bridgehead atoms. The Morgan fingerprint density at radius 1 is 1.17 bits per heavy atom. The number of hydrogen-bond acceptors (Lipinski definition) is 9. The molecule has 1 aliphatic rings. The lowest BCUT2D eigenvalue weighted by Gasteiger charge is -2.31. The van der Waals surface area contributed by atoms with Crippen molar-refractivity contribution < 1.29 is 35.9 Å². The number of rotatable bonds is 5. The van der Waals surface area contributed by atoms with E-state index in [1.807, 2.05) is 13.7 Å². The van der Waals surface area contributed by atoms with Crippen molar-refractivity contribution in [2.24, 2.45) is 5.73 Å². The number of thiazole rings is 1. The van der Waals surface area contributed by atoms with Crippen LogP contribution in [0.15, 0.2) is 36.5 Å². The highest BCUT2D eigenvalue weighted by Gasteiger charge is 2.37. The lowest BCUT2D eigenvalue weighted by Crippen LogP contribution is -2.34. The van der Waals surface area contributed by atoms with Crippen LogP contribution in [0.2, 0.25) is 0 Å². The molecule has 3 heterocycles. The summed E-state index contributed by atoms with van der Waals surface area (Å²) in [5.74, 6) is 0.498.